The third kappa shape index (κ3) is 3.87. The van der Waals surface area contributed by atoms with Crippen LogP contribution in [-0.4, -0.2) is 44.3 Å². The molecule has 1 aliphatic rings. The van der Waals surface area contributed by atoms with Crippen molar-refractivity contribution in [3.8, 4) is 5.82 Å². The van der Waals surface area contributed by atoms with Crippen molar-refractivity contribution in [1.82, 2.24) is 14.3 Å². The maximum atomic E-state index is 12.7. The Morgan fingerprint density at radius 2 is 2.00 bits per heavy atom. The summed E-state index contributed by atoms with van der Waals surface area (Å²) in [6.07, 6.45) is 1.95. The monoisotopic (exact) mass is 427 g/mol. The summed E-state index contributed by atoms with van der Waals surface area (Å²) in [4.78, 5) is 22.6. The number of ketones is 1. The van der Waals surface area contributed by atoms with Crippen LogP contribution in [0.5, 0.6) is 0 Å². The van der Waals surface area contributed by atoms with Gasteiger partial charge in [0, 0.05) is 18.8 Å². The number of esters is 1. The molecule has 3 rings (SSSR count). The van der Waals surface area contributed by atoms with E-state index in [0.29, 0.717) is 23.1 Å². The van der Waals surface area contributed by atoms with E-state index in [9.17, 15) is 22.8 Å². The molecule has 0 N–H and O–H groups in total. The van der Waals surface area contributed by atoms with Gasteiger partial charge in [0.15, 0.2) is 0 Å². The van der Waals surface area contributed by atoms with E-state index in [2.05, 4.69) is 5.10 Å². The fraction of sp³-hybridized carbons (Fsp3) is 0.316. The van der Waals surface area contributed by atoms with Gasteiger partial charge in [-0.1, -0.05) is 6.08 Å². The summed E-state index contributed by atoms with van der Waals surface area (Å²) in [6, 6.07) is 2.47. The van der Waals surface area contributed by atoms with E-state index < -0.39 is 28.5 Å². The predicted octanol–water partition coefficient (Wildman–Crippen LogP) is 3.84. The van der Waals surface area contributed by atoms with E-state index in [1.807, 2.05) is 6.08 Å². The van der Waals surface area contributed by atoms with Gasteiger partial charge in [-0.25, -0.2) is 9.48 Å². The number of halogens is 4. The van der Waals surface area contributed by atoms with Crippen LogP contribution in [-0.2, 0) is 16.6 Å². The number of ether oxygens (including phenoxy) is 1. The van der Waals surface area contributed by atoms with Crippen LogP contribution in [0.3, 0.4) is 0 Å². The third-order valence-corrected chi connectivity index (χ3v) is 5.07. The standard InChI is InChI=1S/C19H17ClF3N3O3/c1-18(20)7-6-11(8-13(18)17(28)29-3)12-9-24-26(10-12)15-5-4-14(25(15)2)16(27)19(21,22)23/h4-6,8-10H,7H2,1-3H3. The van der Waals surface area contributed by atoms with Gasteiger partial charge in [-0.2, -0.15) is 18.3 Å². The van der Waals surface area contributed by atoms with Gasteiger partial charge >= 0.3 is 12.1 Å². The first-order valence-electron chi connectivity index (χ1n) is 8.48. The lowest BCUT2D eigenvalue weighted by Gasteiger charge is -2.26. The molecule has 0 bridgehead atoms. The lowest BCUT2D eigenvalue weighted by Crippen LogP contribution is -2.28. The summed E-state index contributed by atoms with van der Waals surface area (Å²) in [7, 11) is 2.62. The van der Waals surface area contributed by atoms with Gasteiger partial charge in [0.2, 0.25) is 0 Å². The number of Topliss-reactive ketones (excluding diaryl/α,β-unsaturated/α-hetero) is 1. The molecule has 0 aliphatic heterocycles. The number of rotatable bonds is 4. The van der Waals surface area contributed by atoms with Crippen LogP contribution >= 0.6 is 11.6 Å². The molecule has 0 saturated heterocycles. The molecule has 0 saturated carbocycles. The summed E-state index contributed by atoms with van der Waals surface area (Å²) >= 11 is 6.39. The molecule has 6 nitrogen and oxygen atoms in total. The van der Waals surface area contributed by atoms with Gasteiger partial charge in [0.1, 0.15) is 5.82 Å². The van der Waals surface area contributed by atoms with Crippen molar-refractivity contribution in [2.45, 2.75) is 24.4 Å². The highest BCUT2D eigenvalue weighted by Crippen LogP contribution is 2.37. The molecule has 0 amide bonds. The Hall–Kier alpha value is -2.81. The van der Waals surface area contributed by atoms with Crippen LogP contribution in [0.25, 0.3) is 11.4 Å². The minimum Gasteiger partial charge on any atom is -0.466 e. The minimum atomic E-state index is -4.96. The molecule has 0 radical (unpaired) electrons. The summed E-state index contributed by atoms with van der Waals surface area (Å²) in [6.45, 7) is 1.71. The number of allylic oxidation sites excluding steroid dienone is 3. The van der Waals surface area contributed by atoms with Gasteiger partial charge in [0.25, 0.3) is 5.78 Å². The van der Waals surface area contributed by atoms with Crippen LogP contribution in [0.1, 0.15) is 29.4 Å². The molecule has 2 aromatic heterocycles. The van der Waals surface area contributed by atoms with Crippen molar-refractivity contribution in [3.05, 3.63) is 53.5 Å². The lowest BCUT2D eigenvalue weighted by atomic mass is 9.87. The topological polar surface area (TPSA) is 66.1 Å². The second-order valence-electron chi connectivity index (χ2n) is 6.75. The molecule has 0 spiro atoms. The Labute approximate surface area is 169 Å². The lowest BCUT2D eigenvalue weighted by molar-refractivity contribution is -0.136. The number of alkyl halides is 4. The number of carbonyl (C=O) groups is 2. The summed E-state index contributed by atoms with van der Waals surface area (Å²) < 4.78 is 45.4. The molecule has 2 aromatic rings. The number of carbonyl (C=O) groups excluding carboxylic acids is 2. The van der Waals surface area contributed by atoms with Crippen LogP contribution in [0.15, 0.2) is 42.3 Å². The molecule has 0 fully saturated rings. The summed E-state index contributed by atoms with van der Waals surface area (Å²) in [5, 5.41) is 4.17. The van der Waals surface area contributed by atoms with Crippen LogP contribution < -0.4 is 0 Å². The fourth-order valence-electron chi connectivity index (χ4n) is 3.06. The van der Waals surface area contributed by atoms with Gasteiger partial charge in [0.05, 0.1) is 29.4 Å². The van der Waals surface area contributed by atoms with Crippen molar-refractivity contribution in [2.75, 3.05) is 7.11 Å². The van der Waals surface area contributed by atoms with Crippen molar-refractivity contribution in [1.29, 1.82) is 0 Å². The van der Waals surface area contributed by atoms with Crippen molar-refractivity contribution < 1.29 is 27.5 Å². The molecule has 29 heavy (non-hydrogen) atoms. The third-order valence-electron chi connectivity index (χ3n) is 4.71. The zero-order chi connectivity index (χ0) is 21.6. The SMILES string of the molecule is COC(=O)C1=CC(c2cnn(-c3ccc(C(=O)C(F)(F)F)n3C)c2)=CCC1(C)Cl. The van der Waals surface area contributed by atoms with E-state index in [0.717, 1.165) is 10.6 Å². The Balaban J connectivity index is 1.94. The smallest absolute Gasteiger partial charge is 0.456 e. The highest BCUT2D eigenvalue weighted by atomic mass is 35.5. The van der Waals surface area contributed by atoms with Crippen LogP contribution in [0, 0.1) is 0 Å². The second kappa shape index (κ2) is 7.22. The molecule has 1 atom stereocenters. The Morgan fingerprint density at radius 3 is 2.62 bits per heavy atom. The van der Waals surface area contributed by atoms with Gasteiger partial charge < -0.3 is 9.30 Å². The average Bonchev–Trinajstić information content (AvgIpc) is 3.26. The molecular formula is C19H17ClF3N3O3. The van der Waals surface area contributed by atoms with E-state index in [1.165, 1.54) is 31.1 Å². The van der Waals surface area contributed by atoms with E-state index in [-0.39, 0.29) is 5.82 Å². The largest absolute Gasteiger partial charge is 0.466 e. The number of methoxy groups -OCH3 is 1. The fourth-order valence-corrected chi connectivity index (χ4v) is 3.27. The molecule has 154 valence electrons. The molecular weight excluding hydrogens is 411 g/mol. The maximum Gasteiger partial charge on any atom is 0.456 e. The summed E-state index contributed by atoms with van der Waals surface area (Å²) in [5.74, 6) is -2.20. The average molecular weight is 428 g/mol. The van der Waals surface area contributed by atoms with E-state index in [4.69, 9.17) is 16.3 Å². The number of nitrogens with zero attached hydrogens (tertiary/aromatic N) is 3. The van der Waals surface area contributed by atoms with Crippen molar-refractivity contribution in [3.63, 3.8) is 0 Å². The molecule has 1 aliphatic carbocycles. The first-order valence-corrected chi connectivity index (χ1v) is 8.85. The number of hydrogen-bond acceptors (Lipinski definition) is 4. The first kappa shape index (κ1) is 20.9. The van der Waals surface area contributed by atoms with Gasteiger partial charge in [-0.3, -0.25) is 4.79 Å². The van der Waals surface area contributed by atoms with Gasteiger partial charge in [-0.15, -0.1) is 11.6 Å². The van der Waals surface area contributed by atoms with Crippen LogP contribution in [0.2, 0.25) is 0 Å². The summed E-state index contributed by atoms with van der Waals surface area (Å²) in [5.41, 5.74) is 1.11. The molecule has 2 heterocycles. The van der Waals surface area contributed by atoms with E-state index in [1.54, 1.807) is 19.2 Å². The zero-order valence-electron chi connectivity index (χ0n) is 15.7. The molecule has 10 heteroatoms. The second-order valence-corrected chi connectivity index (χ2v) is 7.58. The zero-order valence-corrected chi connectivity index (χ0v) is 16.5. The minimum absolute atomic E-state index is 0.277. The van der Waals surface area contributed by atoms with Crippen LogP contribution in [0.4, 0.5) is 13.2 Å². The molecule has 0 aromatic carbocycles. The highest BCUT2D eigenvalue weighted by molar-refractivity contribution is 6.29. The normalized spacial score (nSPS) is 19.6. The Kier molecular flexibility index (Phi) is 5.20. The van der Waals surface area contributed by atoms with Crippen molar-refractivity contribution >= 4 is 28.9 Å². The Bertz CT molecular complexity index is 1040. The maximum absolute atomic E-state index is 12.7. The van der Waals surface area contributed by atoms with E-state index >= 15 is 0 Å². The number of hydrogen-bond donors (Lipinski definition) is 0. The quantitative estimate of drug-likeness (QED) is 0.422. The number of aromatic nitrogens is 3. The van der Waals surface area contributed by atoms with Crippen molar-refractivity contribution in [2.24, 2.45) is 7.05 Å². The van der Waals surface area contributed by atoms with Gasteiger partial charge in [-0.05, 0) is 37.1 Å². The first-order chi connectivity index (χ1) is 13.5. The highest BCUT2D eigenvalue weighted by Gasteiger charge is 2.41. The predicted molar refractivity (Wildman–Crippen MR) is 99.9 cm³/mol. The Morgan fingerprint density at radius 1 is 1.31 bits per heavy atom. The molecule has 1 unspecified atom stereocenters.